The van der Waals surface area contributed by atoms with Crippen LogP contribution in [0.3, 0.4) is 0 Å². The highest BCUT2D eigenvalue weighted by molar-refractivity contribution is 7.89. The van der Waals surface area contributed by atoms with Gasteiger partial charge in [-0.25, -0.2) is 13.1 Å². The Morgan fingerprint density at radius 3 is 2.62 bits per heavy atom. The summed E-state index contributed by atoms with van der Waals surface area (Å²) in [6.45, 7) is 4.84. The monoisotopic (exact) mass is 315 g/mol. The summed E-state index contributed by atoms with van der Waals surface area (Å²) in [4.78, 5) is 2.40. The smallest absolute Gasteiger partial charge is 0.242 e. The molecule has 1 aromatic rings. The van der Waals surface area contributed by atoms with Gasteiger partial charge in [-0.3, -0.25) is 0 Å². The summed E-state index contributed by atoms with van der Waals surface area (Å²) < 4.78 is 29.0. The molecule has 0 radical (unpaired) electrons. The molecule has 0 aliphatic heterocycles. The number of likely N-dealkylation sites (N-methyl/N-ethyl adjacent to an activating group) is 1. The van der Waals surface area contributed by atoms with Crippen LogP contribution in [-0.4, -0.2) is 49.2 Å². The van der Waals surface area contributed by atoms with Crippen molar-refractivity contribution in [2.24, 2.45) is 0 Å². The summed E-state index contributed by atoms with van der Waals surface area (Å²) >= 11 is 0. The lowest BCUT2D eigenvalue weighted by molar-refractivity contribution is 0.268. The van der Waals surface area contributed by atoms with Crippen molar-refractivity contribution in [3.63, 3.8) is 0 Å². The molecule has 0 saturated heterocycles. The Bertz CT molecular complexity index is 576. The first-order valence-corrected chi connectivity index (χ1v) is 8.85. The Labute approximate surface area is 126 Å². The molecule has 2 rings (SSSR count). The highest BCUT2D eigenvalue weighted by Crippen LogP contribution is 2.24. The van der Waals surface area contributed by atoms with Gasteiger partial charge in [0.25, 0.3) is 0 Å². The second-order valence-electron chi connectivity index (χ2n) is 5.94. The van der Waals surface area contributed by atoms with Crippen molar-refractivity contribution >= 4 is 10.0 Å². The van der Waals surface area contributed by atoms with Crippen molar-refractivity contribution in [1.82, 2.24) is 14.2 Å². The molecule has 6 nitrogen and oxygen atoms in total. The molecule has 7 heteroatoms. The summed E-state index contributed by atoms with van der Waals surface area (Å²) in [5.41, 5.74) is 0.612. The second-order valence-corrected chi connectivity index (χ2v) is 7.70. The molecular weight excluding hydrogens is 290 g/mol. The third-order valence-electron chi connectivity index (χ3n) is 3.86. The van der Waals surface area contributed by atoms with E-state index in [0.29, 0.717) is 24.8 Å². The zero-order chi connectivity index (χ0) is 15.6. The van der Waals surface area contributed by atoms with Crippen LogP contribution in [-0.2, 0) is 16.6 Å². The average Bonchev–Trinajstić information content (AvgIpc) is 3.16. The Hall–Kier alpha value is -0.890. The molecule has 0 amide bonds. The van der Waals surface area contributed by atoms with Crippen molar-refractivity contribution in [3.05, 3.63) is 18.0 Å². The number of nitrogens with one attached hydrogen (secondary N) is 1. The van der Waals surface area contributed by atoms with Crippen molar-refractivity contribution in [3.8, 4) is 0 Å². The fraction of sp³-hybridized carbons (Fsp3) is 0.714. The maximum absolute atomic E-state index is 12.3. The topological polar surface area (TPSA) is 74.6 Å². The van der Waals surface area contributed by atoms with E-state index in [1.807, 2.05) is 20.9 Å². The molecule has 0 spiro atoms. The minimum absolute atomic E-state index is 0.108. The maximum atomic E-state index is 12.3. The van der Waals surface area contributed by atoms with Crippen molar-refractivity contribution < 1.29 is 13.5 Å². The number of aliphatic hydroxyl groups is 1. The Morgan fingerprint density at radius 2 is 2.14 bits per heavy atom. The molecule has 0 aromatic carbocycles. The van der Waals surface area contributed by atoms with Crippen molar-refractivity contribution in [1.29, 1.82) is 0 Å². The van der Waals surface area contributed by atoms with Gasteiger partial charge in [0.1, 0.15) is 0 Å². The van der Waals surface area contributed by atoms with Crippen LogP contribution >= 0.6 is 0 Å². The van der Waals surface area contributed by atoms with Crippen LogP contribution in [0.4, 0.5) is 0 Å². The Kier molecular flexibility index (Phi) is 5.08. The van der Waals surface area contributed by atoms with E-state index in [9.17, 15) is 13.5 Å². The molecule has 0 unspecified atom stereocenters. The molecule has 1 heterocycles. The minimum Gasteiger partial charge on any atom is -0.390 e. The zero-order valence-electron chi connectivity index (χ0n) is 12.9. The van der Waals surface area contributed by atoms with Gasteiger partial charge in [-0.2, -0.15) is 0 Å². The van der Waals surface area contributed by atoms with Gasteiger partial charge in [-0.05, 0) is 39.8 Å². The minimum atomic E-state index is -3.52. The average molecular weight is 315 g/mol. The quantitative estimate of drug-likeness (QED) is 0.748. The number of nitrogens with zero attached hydrogens (tertiary/aromatic N) is 2. The number of hydrogen-bond acceptors (Lipinski definition) is 4. The molecular formula is C14H25N3O3S. The van der Waals surface area contributed by atoms with Gasteiger partial charge in [0.05, 0.1) is 11.5 Å². The van der Waals surface area contributed by atoms with Crippen molar-refractivity contribution in [2.75, 3.05) is 20.1 Å². The lowest BCUT2D eigenvalue weighted by Gasteiger charge is -2.15. The van der Waals surface area contributed by atoms with E-state index in [1.54, 1.807) is 10.8 Å². The van der Waals surface area contributed by atoms with E-state index in [1.165, 1.54) is 18.9 Å². The molecule has 21 heavy (non-hydrogen) atoms. The van der Waals surface area contributed by atoms with Gasteiger partial charge in [-0.1, -0.05) is 0 Å². The molecule has 1 aliphatic carbocycles. The summed E-state index contributed by atoms with van der Waals surface area (Å²) in [6, 6.07) is 2.27. The number of aliphatic hydroxyl groups excluding tert-OH is 1. The first kappa shape index (κ1) is 16.5. The maximum Gasteiger partial charge on any atom is 0.242 e. The number of sulfonamides is 1. The van der Waals surface area contributed by atoms with Gasteiger partial charge >= 0.3 is 0 Å². The van der Waals surface area contributed by atoms with Crippen LogP contribution in [0.5, 0.6) is 0 Å². The van der Waals surface area contributed by atoms with E-state index in [-0.39, 0.29) is 17.5 Å². The van der Waals surface area contributed by atoms with Crippen LogP contribution in [0.25, 0.3) is 0 Å². The Morgan fingerprint density at radius 1 is 1.48 bits per heavy atom. The zero-order valence-corrected chi connectivity index (χ0v) is 13.7. The van der Waals surface area contributed by atoms with E-state index in [2.05, 4.69) is 9.62 Å². The second kappa shape index (κ2) is 6.48. The van der Waals surface area contributed by atoms with Gasteiger partial charge in [0.15, 0.2) is 0 Å². The summed E-state index contributed by atoms with van der Waals surface area (Å²) in [7, 11) is -1.50. The van der Waals surface area contributed by atoms with Gasteiger partial charge in [0.2, 0.25) is 10.0 Å². The number of aromatic nitrogens is 1. The van der Waals surface area contributed by atoms with Crippen LogP contribution in [0, 0.1) is 0 Å². The molecule has 1 fully saturated rings. The predicted octanol–water partition coefficient (Wildman–Crippen LogP) is 0.934. The Balaban J connectivity index is 2.01. The molecule has 1 saturated carbocycles. The summed E-state index contributed by atoms with van der Waals surface area (Å²) in [6.07, 6.45) is 4.00. The van der Waals surface area contributed by atoms with Crippen LogP contribution in [0.15, 0.2) is 17.2 Å². The molecule has 0 bridgehead atoms. The molecule has 1 aromatic heterocycles. The first-order chi connectivity index (χ1) is 9.85. The van der Waals surface area contributed by atoms with Gasteiger partial charge < -0.3 is 14.6 Å². The van der Waals surface area contributed by atoms with Crippen LogP contribution < -0.4 is 4.72 Å². The molecule has 120 valence electrons. The SMILES string of the molecule is CC(C)n1cc(S(=O)(=O)NCCN(C)C2CC2)cc1CO. The van der Waals surface area contributed by atoms with Crippen molar-refractivity contribution in [2.45, 2.75) is 50.3 Å². The van der Waals surface area contributed by atoms with E-state index in [4.69, 9.17) is 0 Å². The summed E-state index contributed by atoms with van der Waals surface area (Å²) in [5.74, 6) is 0. The third-order valence-corrected chi connectivity index (χ3v) is 5.29. The number of rotatable bonds is 8. The number of hydrogen-bond donors (Lipinski definition) is 2. The fourth-order valence-corrected chi connectivity index (χ4v) is 3.46. The highest BCUT2D eigenvalue weighted by atomic mass is 32.2. The van der Waals surface area contributed by atoms with Gasteiger partial charge in [0, 0.05) is 37.1 Å². The van der Waals surface area contributed by atoms with Crippen LogP contribution in [0.1, 0.15) is 38.4 Å². The fourth-order valence-electron chi connectivity index (χ4n) is 2.39. The lowest BCUT2D eigenvalue weighted by atomic mass is 10.3. The largest absolute Gasteiger partial charge is 0.390 e. The summed E-state index contributed by atoms with van der Waals surface area (Å²) in [5, 5.41) is 9.32. The highest BCUT2D eigenvalue weighted by Gasteiger charge is 2.26. The third kappa shape index (κ3) is 4.06. The predicted molar refractivity (Wildman–Crippen MR) is 81.6 cm³/mol. The van der Waals surface area contributed by atoms with Gasteiger partial charge in [-0.15, -0.1) is 0 Å². The molecule has 2 N–H and O–H groups in total. The lowest BCUT2D eigenvalue weighted by Crippen LogP contribution is -2.33. The normalized spacial score (nSPS) is 16.1. The standard InChI is InChI=1S/C14H25N3O3S/c1-11(2)17-9-14(8-13(17)10-18)21(19,20)15-6-7-16(3)12-4-5-12/h8-9,11-12,15,18H,4-7,10H2,1-3H3. The van der Waals surface area contributed by atoms with E-state index >= 15 is 0 Å². The van der Waals surface area contributed by atoms with Crippen LogP contribution in [0.2, 0.25) is 0 Å². The van der Waals surface area contributed by atoms with E-state index < -0.39 is 10.0 Å². The van der Waals surface area contributed by atoms with E-state index in [0.717, 1.165) is 0 Å². The molecule has 1 aliphatic rings. The first-order valence-electron chi connectivity index (χ1n) is 7.36. The molecule has 0 atom stereocenters.